The highest BCUT2D eigenvalue weighted by molar-refractivity contribution is 9.10. The van der Waals surface area contributed by atoms with Crippen molar-refractivity contribution in [1.29, 1.82) is 0 Å². The van der Waals surface area contributed by atoms with Gasteiger partial charge in [-0.05, 0) is 70.1 Å². The number of hydrazine groups is 1. The van der Waals surface area contributed by atoms with Crippen molar-refractivity contribution in [2.45, 2.75) is 52.6 Å². The second-order valence-electron chi connectivity index (χ2n) is 8.05. The first-order valence-corrected chi connectivity index (χ1v) is 10.6. The molecule has 7 heteroatoms. The Morgan fingerprint density at radius 3 is 2.43 bits per heavy atom. The molecule has 0 saturated heterocycles. The van der Waals surface area contributed by atoms with Gasteiger partial charge in [0.1, 0.15) is 11.5 Å². The quantitative estimate of drug-likeness (QED) is 0.579. The van der Waals surface area contributed by atoms with Crippen molar-refractivity contribution in [3.63, 3.8) is 0 Å². The number of carbonyl (C=O) groups is 2. The van der Waals surface area contributed by atoms with Crippen LogP contribution in [-0.4, -0.2) is 24.5 Å². The summed E-state index contributed by atoms with van der Waals surface area (Å²) >= 11 is 3.47. The Balaban J connectivity index is 1.84. The molecule has 0 bridgehead atoms. The van der Waals surface area contributed by atoms with Gasteiger partial charge in [0.05, 0.1) is 4.47 Å². The minimum absolute atomic E-state index is 0.0129. The van der Waals surface area contributed by atoms with Crippen LogP contribution >= 0.6 is 15.9 Å². The molecule has 2 rings (SSSR count). The molecule has 2 N–H and O–H groups in total. The van der Waals surface area contributed by atoms with E-state index < -0.39 is 17.9 Å². The maximum atomic E-state index is 12.3. The fourth-order valence-electron chi connectivity index (χ4n) is 2.65. The maximum Gasteiger partial charge on any atom is 0.279 e. The minimum Gasteiger partial charge on any atom is -0.483 e. The molecule has 0 spiro atoms. The van der Waals surface area contributed by atoms with Crippen molar-refractivity contribution in [3.8, 4) is 11.5 Å². The molecular weight excluding hydrogens is 448 g/mol. The Bertz CT molecular complexity index is 893. The van der Waals surface area contributed by atoms with Crippen LogP contribution in [0.2, 0.25) is 0 Å². The number of nitrogens with one attached hydrogen (secondary N) is 2. The maximum absolute atomic E-state index is 12.3. The van der Waals surface area contributed by atoms with E-state index in [4.69, 9.17) is 9.47 Å². The molecular formula is C23H29BrN2O4. The normalized spacial score (nSPS) is 12.1. The zero-order valence-corrected chi connectivity index (χ0v) is 19.6. The van der Waals surface area contributed by atoms with Gasteiger partial charge in [-0.3, -0.25) is 20.4 Å². The SMILES string of the molecule is CCC(Oc1cccc(C)c1)C(=O)NNC(=O)COc1ccc(C(C)(C)C)cc1Br. The van der Waals surface area contributed by atoms with Crippen molar-refractivity contribution in [2.75, 3.05) is 6.61 Å². The van der Waals surface area contributed by atoms with Crippen LogP contribution in [-0.2, 0) is 15.0 Å². The minimum atomic E-state index is -0.716. The predicted octanol–water partition coefficient (Wildman–Crippen LogP) is 4.44. The van der Waals surface area contributed by atoms with E-state index in [2.05, 4.69) is 47.6 Å². The zero-order valence-electron chi connectivity index (χ0n) is 18.0. The van der Waals surface area contributed by atoms with Gasteiger partial charge in [-0.2, -0.15) is 0 Å². The van der Waals surface area contributed by atoms with Gasteiger partial charge >= 0.3 is 0 Å². The smallest absolute Gasteiger partial charge is 0.279 e. The van der Waals surface area contributed by atoms with E-state index in [-0.39, 0.29) is 12.0 Å². The van der Waals surface area contributed by atoms with E-state index in [1.165, 1.54) is 0 Å². The van der Waals surface area contributed by atoms with Crippen LogP contribution < -0.4 is 20.3 Å². The number of carbonyl (C=O) groups excluding carboxylic acids is 2. The molecule has 1 atom stereocenters. The Hall–Kier alpha value is -2.54. The number of ether oxygens (including phenoxy) is 2. The van der Waals surface area contributed by atoms with Gasteiger partial charge in [-0.25, -0.2) is 0 Å². The monoisotopic (exact) mass is 476 g/mol. The summed E-state index contributed by atoms with van der Waals surface area (Å²) in [5, 5.41) is 0. The molecule has 30 heavy (non-hydrogen) atoms. The molecule has 2 aromatic rings. The second-order valence-corrected chi connectivity index (χ2v) is 8.91. The topological polar surface area (TPSA) is 76.7 Å². The average Bonchev–Trinajstić information content (AvgIpc) is 2.68. The summed E-state index contributed by atoms with van der Waals surface area (Å²) in [6.07, 6.45) is -0.258. The van der Waals surface area contributed by atoms with Gasteiger partial charge in [-0.15, -0.1) is 0 Å². The molecule has 0 aliphatic heterocycles. The van der Waals surface area contributed by atoms with E-state index in [0.29, 0.717) is 17.9 Å². The molecule has 0 aromatic heterocycles. The van der Waals surface area contributed by atoms with E-state index in [9.17, 15) is 9.59 Å². The fraction of sp³-hybridized carbons (Fsp3) is 0.391. The molecule has 162 valence electrons. The third-order valence-electron chi connectivity index (χ3n) is 4.41. The lowest BCUT2D eigenvalue weighted by Gasteiger charge is -2.20. The summed E-state index contributed by atoms with van der Waals surface area (Å²) in [7, 11) is 0. The number of rotatable bonds is 7. The first-order chi connectivity index (χ1) is 14.1. The third kappa shape index (κ3) is 7.06. The Morgan fingerprint density at radius 1 is 1.10 bits per heavy atom. The summed E-state index contributed by atoms with van der Waals surface area (Å²) in [6.45, 7) is 9.92. The highest BCUT2D eigenvalue weighted by atomic mass is 79.9. The van der Waals surface area contributed by atoms with Crippen LogP contribution in [0.25, 0.3) is 0 Å². The second kappa shape index (κ2) is 10.5. The van der Waals surface area contributed by atoms with Crippen LogP contribution in [0.5, 0.6) is 11.5 Å². The van der Waals surface area contributed by atoms with Gasteiger partial charge < -0.3 is 9.47 Å². The van der Waals surface area contributed by atoms with Crippen LogP contribution in [0.3, 0.4) is 0 Å². The molecule has 0 heterocycles. The number of halogens is 1. The molecule has 0 aliphatic carbocycles. The molecule has 0 fully saturated rings. The van der Waals surface area contributed by atoms with Gasteiger partial charge in [0, 0.05) is 0 Å². The first kappa shape index (κ1) is 23.7. The van der Waals surface area contributed by atoms with Crippen molar-refractivity contribution < 1.29 is 19.1 Å². The lowest BCUT2D eigenvalue weighted by molar-refractivity contribution is -0.134. The van der Waals surface area contributed by atoms with Crippen LogP contribution in [0.4, 0.5) is 0 Å². The van der Waals surface area contributed by atoms with Gasteiger partial charge in [0.2, 0.25) is 0 Å². The van der Waals surface area contributed by atoms with Gasteiger partial charge in [0.25, 0.3) is 11.8 Å². The Morgan fingerprint density at radius 2 is 1.83 bits per heavy atom. The molecule has 6 nitrogen and oxygen atoms in total. The summed E-state index contributed by atoms with van der Waals surface area (Å²) in [6, 6.07) is 13.2. The lowest BCUT2D eigenvalue weighted by Crippen LogP contribution is -2.49. The average molecular weight is 477 g/mol. The fourth-order valence-corrected chi connectivity index (χ4v) is 3.14. The summed E-state index contributed by atoms with van der Waals surface area (Å²) in [5.74, 6) is 0.262. The van der Waals surface area contributed by atoms with Crippen molar-refractivity contribution in [3.05, 3.63) is 58.1 Å². The van der Waals surface area contributed by atoms with E-state index in [1.54, 1.807) is 6.07 Å². The number of benzene rings is 2. The van der Waals surface area contributed by atoms with E-state index in [0.717, 1.165) is 15.6 Å². The first-order valence-electron chi connectivity index (χ1n) is 9.85. The standard InChI is InChI=1S/C23H29BrN2O4/c1-6-19(30-17-9-7-8-15(2)12-17)22(28)26-25-21(27)14-29-20-11-10-16(13-18(20)24)23(3,4)5/h7-13,19H,6,14H2,1-5H3,(H,25,27)(H,26,28). The Labute approximate surface area is 186 Å². The number of hydrogen-bond donors (Lipinski definition) is 2. The molecule has 0 radical (unpaired) electrons. The van der Waals surface area contributed by atoms with Gasteiger partial charge in [0.15, 0.2) is 12.7 Å². The number of aryl methyl sites for hydroxylation is 1. The van der Waals surface area contributed by atoms with E-state index in [1.807, 2.05) is 50.2 Å². The predicted molar refractivity (Wildman–Crippen MR) is 121 cm³/mol. The molecule has 2 aromatic carbocycles. The van der Waals surface area contributed by atoms with Crippen molar-refractivity contribution in [1.82, 2.24) is 10.9 Å². The highest BCUT2D eigenvalue weighted by Crippen LogP contribution is 2.31. The summed E-state index contributed by atoms with van der Waals surface area (Å²) in [5.41, 5.74) is 6.95. The van der Waals surface area contributed by atoms with Gasteiger partial charge in [-0.1, -0.05) is 45.9 Å². The molecule has 2 amide bonds. The molecule has 0 saturated carbocycles. The molecule has 1 unspecified atom stereocenters. The largest absolute Gasteiger partial charge is 0.483 e. The zero-order chi connectivity index (χ0) is 22.3. The van der Waals surface area contributed by atoms with Crippen LogP contribution in [0, 0.1) is 6.92 Å². The van der Waals surface area contributed by atoms with E-state index >= 15 is 0 Å². The van der Waals surface area contributed by atoms with Crippen molar-refractivity contribution in [2.24, 2.45) is 0 Å². The summed E-state index contributed by atoms with van der Waals surface area (Å²) in [4.78, 5) is 24.4. The van der Waals surface area contributed by atoms with Crippen LogP contribution in [0.15, 0.2) is 46.9 Å². The Kier molecular flexibility index (Phi) is 8.29. The number of hydrogen-bond acceptors (Lipinski definition) is 4. The van der Waals surface area contributed by atoms with Crippen LogP contribution in [0.1, 0.15) is 45.2 Å². The lowest BCUT2D eigenvalue weighted by atomic mass is 9.87. The molecule has 0 aliphatic rings. The number of amides is 2. The summed E-state index contributed by atoms with van der Waals surface area (Å²) < 4.78 is 12.0. The highest BCUT2D eigenvalue weighted by Gasteiger charge is 2.19. The third-order valence-corrected chi connectivity index (χ3v) is 5.03. The van der Waals surface area contributed by atoms with Crippen molar-refractivity contribution >= 4 is 27.7 Å².